The molecular formula is C10H13ClN4O. The zero-order chi connectivity index (χ0) is 11.9. The van der Waals surface area contributed by atoms with Gasteiger partial charge in [0.25, 0.3) is 0 Å². The average molecular weight is 241 g/mol. The third kappa shape index (κ3) is 1.53. The number of nitrogens with zero attached hydrogens (tertiary/aromatic N) is 4. The number of fused-ring (bicyclic) bond motifs is 1. The van der Waals surface area contributed by atoms with Gasteiger partial charge in [-0.2, -0.15) is 4.53 Å². The highest BCUT2D eigenvalue weighted by Gasteiger charge is 2.15. The quantitative estimate of drug-likeness (QED) is 0.704. The third-order valence-corrected chi connectivity index (χ3v) is 2.54. The maximum absolute atomic E-state index is 9.72. The van der Waals surface area contributed by atoms with E-state index in [1.54, 1.807) is 23.9 Å². The fourth-order valence-electron chi connectivity index (χ4n) is 1.61. The molecule has 0 saturated heterocycles. The Morgan fingerprint density at radius 2 is 2.19 bits per heavy atom. The van der Waals surface area contributed by atoms with Gasteiger partial charge in [-0.3, -0.25) is 0 Å². The van der Waals surface area contributed by atoms with Crippen molar-refractivity contribution in [2.75, 3.05) is 23.5 Å². The molecule has 0 spiro atoms. The van der Waals surface area contributed by atoms with Crippen molar-refractivity contribution >= 4 is 29.4 Å². The van der Waals surface area contributed by atoms with Crippen LogP contribution >= 0.6 is 11.8 Å². The molecule has 0 bridgehead atoms. The highest BCUT2D eigenvalue weighted by molar-refractivity contribution is 6.22. The van der Waals surface area contributed by atoms with Gasteiger partial charge in [-0.1, -0.05) is 0 Å². The normalized spacial score (nSPS) is 15.6. The molecule has 0 aromatic carbocycles. The van der Waals surface area contributed by atoms with E-state index in [1.165, 1.54) is 4.53 Å². The van der Waals surface area contributed by atoms with Crippen LogP contribution in [-0.4, -0.2) is 28.9 Å². The second-order valence-electron chi connectivity index (χ2n) is 3.73. The first-order valence-corrected chi connectivity index (χ1v) is 5.16. The molecule has 0 radical (unpaired) electrons. The molecule has 2 rings (SSSR count). The number of halogens is 1. The van der Waals surface area contributed by atoms with Crippen LogP contribution in [-0.2, 0) is 0 Å². The van der Waals surface area contributed by atoms with E-state index in [0.717, 1.165) is 0 Å². The van der Waals surface area contributed by atoms with Crippen molar-refractivity contribution in [2.24, 2.45) is 0 Å². The zero-order valence-corrected chi connectivity index (χ0v) is 10.1. The molecule has 86 valence electrons. The number of anilines is 1. The lowest BCUT2D eigenvalue weighted by molar-refractivity contribution is 0.492. The number of aliphatic hydroxyl groups excluding tert-OH is 1. The average Bonchev–Trinajstić information content (AvgIpc) is 2.58. The van der Waals surface area contributed by atoms with E-state index >= 15 is 0 Å². The molecule has 1 aromatic rings. The summed E-state index contributed by atoms with van der Waals surface area (Å²) in [6.45, 7) is 1.61. The van der Waals surface area contributed by atoms with E-state index in [4.69, 9.17) is 11.8 Å². The first-order valence-electron chi connectivity index (χ1n) is 4.82. The second kappa shape index (κ2) is 3.75. The first-order chi connectivity index (χ1) is 7.52. The summed E-state index contributed by atoms with van der Waals surface area (Å²) in [6.07, 6.45) is 5.31. The van der Waals surface area contributed by atoms with E-state index in [0.29, 0.717) is 16.6 Å². The topological polar surface area (TPSA) is 44.5 Å². The van der Waals surface area contributed by atoms with E-state index in [1.807, 2.05) is 25.1 Å². The lowest BCUT2D eigenvalue weighted by Crippen LogP contribution is -2.41. The van der Waals surface area contributed by atoms with Gasteiger partial charge in [0.05, 0.1) is 0 Å². The Hall–Kier alpha value is -1.62. The minimum Gasteiger partial charge on any atom is -0.510 e. The van der Waals surface area contributed by atoms with Crippen LogP contribution in [0.5, 0.6) is 0 Å². The van der Waals surface area contributed by atoms with Crippen molar-refractivity contribution in [3.05, 3.63) is 23.1 Å². The van der Waals surface area contributed by atoms with Crippen LogP contribution in [0.3, 0.4) is 0 Å². The molecule has 1 aromatic heterocycles. The van der Waals surface area contributed by atoms with Gasteiger partial charge in [0, 0.05) is 32.1 Å². The summed E-state index contributed by atoms with van der Waals surface area (Å²) >= 11 is 6.02. The van der Waals surface area contributed by atoms with E-state index < -0.39 is 0 Å². The lowest BCUT2D eigenvalue weighted by Gasteiger charge is -2.15. The number of aromatic nitrogens is 2. The molecule has 16 heavy (non-hydrogen) atoms. The summed E-state index contributed by atoms with van der Waals surface area (Å²) in [5, 5.41) is 10.3. The minimum atomic E-state index is 0.178. The third-order valence-electron chi connectivity index (χ3n) is 2.27. The van der Waals surface area contributed by atoms with Crippen LogP contribution in [0.2, 0.25) is 0 Å². The SMILES string of the molecule is CC(O)=c1c(N(C)C)nc2n1N(Cl)C=CC=2. The summed E-state index contributed by atoms with van der Waals surface area (Å²) in [7, 11) is 3.74. The van der Waals surface area contributed by atoms with Crippen molar-refractivity contribution in [1.29, 1.82) is 0 Å². The summed E-state index contributed by atoms with van der Waals surface area (Å²) in [4.78, 5) is 6.23. The van der Waals surface area contributed by atoms with Crippen LogP contribution < -0.4 is 20.3 Å². The molecule has 0 atom stereocenters. The Balaban J connectivity index is 2.87. The second-order valence-corrected chi connectivity index (χ2v) is 4.08. The van der Waals surface area contributed by atoms with Crippen molar-refractivity contribution < 1.29 is 5.11 Å². The van der Waals surface area contributed by atoms with Crippen LogP contribution in [0.25, 0.3) is 11.8 Å². The predicted molar refractivity (Wildman–Crippen MR) is 65.2 cm³/mol. The summed E-state index contributed by atoms with van der Waals surface area (Å²) in [5.74, 6) is 0.859. The Bertz CT molecular complexity index is 554. The Kier molecular flexibility index (Phi) is 2.55. The Morgan fingerprint density at radius 3 is 2.75 bits per heavy atom. The van der Waals surface area contributed by atoms with Crippen molar-refractivity contribution in [3.63, 3.8) is 0 Å². The maximum atomic E-state index is 9.72. The monoisotopic (exact) mass is 240 g/mol. The molecule has 1 aliphatic heterocycles. The predicted octanol–water partition coefficient (Wildman–Crippen LogP) is 0.0348. The number of imidazole rings is 1. The molecule has 6 heteroatoms. The molecule has 1 N–H and O–H groups in total. The Morgan fingerprint density at radius 1 is 1.50 bits per heavy atom. The van der Waals surface area contributed by atoms with Gasteiger partial charge < -0.3 is 10.0 Å². The van der Waals surface area contributed by atoms with E-state index in [9.17, 15) is 5.11 Å². The van der Waals surface area contributed by atoms with Crippen LogP contribution in [0, 0.1) is 0 Å². The van der Waals surface area contributed by atoms with Gasteiger partial charge >= 0.3 is 0 Å². The van der Waals surface area contributed by atoms with Crippen molar-refractivity contribution in [3.8, 4) is 0 Å². The van der Waals surface area contributed by atoms with Crippen LogP contribution in [0.15, 0.2) is 12.3 Å². The molecular weight excluding hydrogens is 228 g/mol. The number of hydrogen-bond acceptors (Lipinski definition) is 4. The van der Waals surface area contributed by atoms with Gasteiger partial charge in [-0.15, -0.1) is 0 Å². The number of aliphatic hydroxyl groups is 1. The van der Waals surface area contributed by atoms with Gasteiger partial charge in [0.1, 0.15) is 11.1 Å². The maximum Gasteiger partial charge on any atom is 0.160 e. The lowest BCUT2D eigenvalue weighted by atomic mass is 10.4. The van der Waals surface area contributed by atoms with Gasteiger partial charge in [0.15, 0.2) is 11.3 Å². The minimum absolute atomic E-state index is 0.178. The van der Waals surface area contributed by atoms with Gasteiger partial charge in [0.2, 0.25) is 0 Å². The fourth-order valence-corrected chi connectivity index (χ4v) is 1.83. The molecule has 0 aliphatic carbocycles. The smallest absolute Gasteiger partial charge is 0.160 e. The molecule has 0 unspecified atom stereocenters. The number of allylic oxidation sites excluding steroid dienone is 1. The molecule has 0 fully saturated rings. The van der Waals surface area contributed by atoms with Gasteiger partial charge in [-0.25, -0.2) is 9.66 Å². The van der Waals surface area contributed by atoms with Crippen molar-refractivity contribution in [1.82, 2.24) is 9.66 Å². The van der Waals surface area contributed by atoms with E-state index in [2.05, 4.69) is 4.98 Å². The molecule has 1 aliphatic rings. The van der Waals surface area contributed by atoms with Crippen LogP contribution in [0.4, 0.5) is 5.82 Å². The van der Waals surface area contributed by atoms with Gasteiger partial charge in [-0.05, 0) is 19.1 Å². The van der Waals surface area contributed by atoms with Crippen LogP contribution in [0.1, 0.15) is 6.92 Å². The van der Waals surface area contributed by atoms with Crippen molar-refractivity contribution in [2.45, 2.75) is 6.92 Å². The molecule has 5 nitrogen and oxygen atoms in total. The zero-order valence-electron chi connectivity index (χ0n) is 9.35. The molecule has 0 saturated carbocycles. The highest BCUT2D eigenvalue weighted by atomic mass is 35.5. The van der Waals surface area contributed by atoms with E-state index in [-0.39, 0.29) is 5.76 Å². The standard InChI is InChI=1S/C10H13ClN4O/c1-7(16)9-10(13(2)3)12-8-5-4-6-14(11)15(8)9/h4-6,16H,1-3H3. The Labute approximate surface area is 98.2 Å². The number of rotatable bonds is 1. The summed E-state index contributed by atoms with van der Waals surface area (Å²) in [6, 6.07) is 0. The molecule has 2 heterocycles. The largest absolute Gasteiger partial charge is 0.510 e. The fraction of sp³-hybridized carbons (Fsp3) is 0.300. The summed E-state index contributed by atoms with van der Waals surface area (Å²) in [5.41, 5.74) is 0.685. The summed E-state index contributed by atoms with van der Waals surface area (Å²) < 4.78 is 3.01. The molecule has 0 amide bonds. The number of hydrogen-bond donors (Lipinski definition) is 1. The highest BCUT2D eigenvalue weighted by Crippen LogP contribution is 2.03. The first kappa shape index (κ1) is 10.9.